The van der Waals surface area contributed by atoms with Gasteiger partial charge in [-0.2, -0.15) is 0 Å². The standard InChI is InChI=1S/C15H18N2O3/c1-10(18)17-7-8-20-14-9-12(5-6-13(14)17)16-15(19)11-3-2-4-11/h5-6,9,11H,2-4,7-8H2,1H3,(H,16,19). The molecule has 1 aromatic rings. The van der Waals surface area contributed by atoms with Crippen LogP contribution < -0.4 is 15.0 Å². The molecule has 1 aliphatic carbocycles. The summed E-state index contributed by atoms with van der Waals surface area (Å²) in [6.45, 7) is 2.59. The van der Waals surface area contributed by atoms with Crippen LogP contribution in [0.1, 0.15) is 26.2 Å². The van der Waals surface area contributed by atoms with E-state index in [1.165, 1.54) is 0 Å². The lowest BCUT2D eigenvalue weighted by molar-refractivity contribution is -0.122. The van der Waals surface area contributed by atoms with Gasteiger partial charge in [0.2, 0.25) is 11.8 Å². The molecule has 1 fully saturated rings. The molecule has 1 aromatic carbocycles. The lowest BCUT2D eigenvalue weighted by atomic mass is 9.85. The molecular weight excluding hydrogens is 256 g/mol. The molecule has 106 valence electrons. The zero-order chi connectivity index (χ0) is 14.1. The SMILES string of the molecule is CC(=O)N1CCOc2cc(NC(=O)C3CCC3)ccc21. The summed E-state index contributed by atoms with van der Waals surface area (Å²) in [5, 5.41) is 2.92. The van der Waals surface area contributed by atoms with Gasteiger partial charge in [-0.15, -0.1) is 0 Å². The van der Waals surface area contributed by atoms with Crippen LogP contribution in [0.2, 0.25) is 0 Å². The molecular formula is C15H18N2O3. The van der Waals surface area contributed by atoms with Crippen molar-refractivity contribution in [3.8, 4) is 5.75 Å². The Labute approximate surface area is 117 Å². The summed E-state index contributed by atoms with van der Waals surface area (Å²) in [5.41, 5.74) is 1.50. The Balaban J connectivity index is 1.78. The van der Waals surface area contributed by atoms with Gasteiger partial charge in [0.15, 0.2) is 0 Å². The Kier molecular flexibility index (Phi) is 3.34. The number of anilines is 2. The number of benzene rings is 1. The number of carbonyl (C=O) groups excluding carboxylic acids is 2. The van der Waals surface area contributed by atoms with Gasteiger partial charge in [0.1, 0.15) is 12.4 Å². The van der Waals surface area contributed by atoms with Crippen LogP contribution in [0.25, 0.3) is 0 Å². The van der Waals surface area contributed by atoms with Crippen molar-refractivity contribution in [1.82, 2.24) is 0 Å². The fourth-order valence-corrected chi connectivity index (χ4v) is 2.54. The van der Waals surface area contributed by atoms with Crippen LogP contribution in [0.15, 0.2) is 18.2 Å². The van der Waals surface area contributed by atoms with Crippen LogP contribution >= 0.6 is 0 Å². The van der Waals surface area contributed by atoms with Crippen molar-refractivity contribution in [2.24, 2.45) is 5.92 Å². The van der Waals surface area contributed by atoms with E-state index >= 15 is 0 Å². The average molecular weight is 274 g/mol. The van der Waals surface area contributed by atoms with E-state index in [-0.39, 0.29) is 17.7 Å². The van der Waals surface area contributed by atoms with Crippen molar-refractivity contribution in [3.05, 3.63) is 18.2 Å². The molecule has 0 atom stereocenters. The Bertz CT molecular complexity index is 552. The molecule has 0 unspecified atom stereocenters. The van der Waals surface area contributed by atoms with Crippen molar-refractivity contribution in [2.45, 2.75) is 26.2 Å². The molecule has 1 heterocycles. The molecule has 20 heavy (non-hydrogen) atoms. The summed E-state index contributed by atoms with van der Waals surface area (Å²) in [5.74, 6) is 0.884. The fourth-order valence-electron chi connectivity index (χ4n) is 2.54. The predicted molar refractivity (Wildman–Crippen MR) is 75.9 cm³/mol. The minimum atomic E-state index is 0.000744. The van der Waals surface area contributed by atoms with Crippen molar-refractivity contribution in [3.63, 3.8) is 0 Å². The maximum absolute atomic E-state index is 11.9. The Morgan fingerprint density at radius 2 is 2.15 bits per heavy atom. The number of carbonyl (C=O) groups is 2. The minimum Gasteiger partial charge on any atom is -0.489 e. The molecule has 5 heteroatoms. The van der Waals surface area contributed by atoms with Crippen LogP contribution in [0.5, 0.6) is 5.75 Å². The molecule has 1 saturated carbocycles. The highest BCUT2D eigenvalue weighted by molar-refractivity contribution is 5.96. The van der Waals surface area contributed by atoms with Gasteiger partial charge < -0.3 is 15.0 Å². The number of amides is 2. The van der Waals surface area contributed by atoms with Gasteiger partial charge in [0.05, 0.1) is 12.2 Å². The number of hydrogen-bond donors (Lipinski definition) is 1. The first-order valence-corrected chi connectivity index (χ1v) is 7.01. The molecule has 2 amide bonds. The first-order chi connectivity index (χ1) is 9.65. The van der Waals surface area contributed by atoms with Crippen LogP contribution in [0.3, 0.4) is 0 Å². The fraction of sp³-hybridized carbons (Fsp3) is 0.467. The van der Waals surface area contributed by atoms with Gasteiger partial charge in [-0.3, -0.25) is 9.59 Å². The first kappa shape index (κ1) is 13.0. The molecule has 0 saturated heterocycles. The molecule has 1 aliphatic heterocycles. The number of fused-ring (bicyclic) bond motifs is 1. The lowest BCUT2D eigenvalue weighted by Crippen LogP contribution is -2.36. The maximum atomic E-state index is 11.9. The Morgan fingerprint density at radius 3 is 2.80 bits per heavy atom. The highest BCUT2D eigenvalue weighted by Gasteiger charge is 2.26. The van der Waals surface area contributed by atoms with E-state index in [1.807, 2.05) is 12.1 Å². The molecule has 0 radical (unpaired) electrons. The van der Waals surface area contributed by atoms with E-state index in [4.69, 9.17) is 4.74 Å². The third-order valence-electron chi connectivity index (χ3n) is 3.95. The zero-order valence-corrected chi connectivity index (χ0v) is 11.5. The third-order valence-corrected chi connectivity index (χ3v) is 3.95. The van der Waals surface area contributed by atoms with Crippen molar-refractivity contribution < 1.29 is 14.3 Å². The van der Waals surface area contributed by atoms with Crippen LogP contribution in [-0.4, -0.2) is 25.0 Å². The smallest absolute Gasteiger partial charge is 0.227 e. The Hall–Kier alpha value is -2.04. The summed E-state index contributed by atoms with van der Waals surface area (Å²) in [6, 6.07) is 5.44. The summed E-state index contributed by atoms with van der Waals surface area (Å²) < 4.78 is 5.58. The molecule has 5 nitrogen and oxygen atoms in total. The molecule has 3 rings (SSSR count). The molecule has 0 spiro atoms. The third kappa shape index (κ3) is 2.35. The summed E-state index contributed by atoms with van der Waals surface area (Å²) in [7, 11) is 0. The van der Waals surface area contributed by atoms with E-state index in [0.29, 0.717) is 18.9 Å². The topological polar surface area (TPSA) is 58.6 Å². The van der Waals surface area contributed by atoms with E-state index < -0.39 is 0 Å². The normalized spacial score (nSPS) is 17.8. The van der Waals surface area contributed by atoms with Gasteiger partial charge in [-0.25, -0.2) is 0 Å². The monoisotopic (exact) mass is 274 g/mol. The number of hydrogen-bond acceptors (Lipinski definition) is 3. The maximum Gasteiger partial charge on any atom is 0.227 e. The minimum absolute atomic E-state index is 0.000744. The van der Waals surface area contributed by atoms with Gasteiger partial charge >= 0.3 is 0 Å². The van der Waals surface area contributed by atoms with E-state index in [9.17, 15) is 9.59 Å². The predicted octanol–water partition coefficient (Wildman–Crippen LogP) is 2.17. The van der Waals surface area contributed by atoms with Gasteiger partial charge in [0, 0.05) is 24.6 Å². The zero-order valence-electron chi connectivity index (χ0n) is 11.5. The lowest BCUT2D eigenvalue weighted by Gasteiger charge is -2.29. The van der Waals surface area contributed by atoms with Crippen LogP contribution in [-0.2, 0) is 9.59 Å². The number of ether oxygens (including phenoxy) is 1. The van der Waals surface area contributed by atoms with Crippen molar-refractivity contribution in [1.29, 1.82) is 0 Å². The second-order valence-corrected chi connectivity index (χ2v) is 5.32. The van der Waals surface area contributed by atoms with E-state index in [2.05, 4.69) is 5.32 Å². The highest BCUT2D eigenvalue weighted by Crippen LogP contribution is 2.35. The molecule has 0 bridgehead atoms. The largest absolute Gasteiger partial charge is 0.489 e. The number of nitrogens with zero attached hydrogens (tertiary/aromatic N) is 1. The van der Waals surface area contributed by atoms with Gasteiger partial charge in [-0.05, 0) is 25.0 Å². The number of rotatable bonds is 2. The second-order valence-electron chi connectivity index (χ2n) is 5.32. The van der Waals surface area contributed by atoms with Crippen LogP contribution in [0.4, 0.5) is 11.4 Å². The summed E-state index contributed by atoms with van der Waals surface area (Å²) in [4.78, 5) is 25.2. The van der Waals surface area contributed by atoms with E-state index in [1.54, 1.807) is 17.9 Å². The van der Waals surface area contributed by atoms with E-state index in [0.717, 1.165) is 30.6 Å². The highest BCUT2D eigenvalue weighted by atomic mass is 16.5. The summed E-state index contributed by atoms with van der Waals surface area (Å²) >= 11 is 0. The van der Waals surface area contributed by atoms with Crippen molar-refractivity contribution in [2.75, 3.05) is 23.4 Å². The average Bonchev–Trinajstić information content (AvgIpc) is 2.35. The Morgan fingerprint density at radius 1 is 1.35 bits per heavy atom. The quantitative estimate of drug-likeness (QED) is 0.899. The first-order valence-electron chi connectivity index (χ1n) is 7.01. The molecule has 2 aliphatic rings. The molecule has 1 N–H and O–H groups in total. The van der Waals surface area contributed by atoms with Gasteiger partial charge in [-0.1, -0.05) is 6.42 Å². The number of nitrogens with one attached hydrogen (secondary N) is 1. The van der Waals surface area contributed by atoms with Crippen molar-refractivity contribution >= 4 is 23.2 Å². The van der Waals surface area contributed by atoms with Crippen LogP contribution in [0, 0.1) is 5.92 Å². The van der Waals surface area contributed by atoms with Gasteiger partial charge in [0.25, 0.3) is 0 Å². The second kappa shape index (κ2) is 5.15. The molecule has 0 aromatic heterocycles. The summed E-state index contributed by atoms with van der Waals surface area (Å²) in [6.07, 6.45) is 3.09.